The molecule has 0 aliphatic carbocycles. The smallest absolute Gasteiger partial charge is 0.204 e. The molecule has 0 spiro atoms. The van der Waals surface area contributed by atoms with Crippen LogP contribution >= 0.6 is 45.2 Å². The maximum Gasteiger partial charge on any atom is 0.204 e. The van der Waals surface area contributed by atoms with Crippen LogP contribution in [0.5, 0.6) is 0 Å². The monoisotopic (exact) mass is 532 g/mol. The zero-order valence-electron chi connectivity index (χ0n) is 12.8. The Kier molecular flexibility index (Phi) is 7.20. The summed E-state index contributed by atoms with van der Waals surface area (Å²) >= 11 is 3.52. The van der Waals surface area contributed by atoms with Crippen LogP contribution in [0.3, 0.4) is 0 Å². The van der Waals surface area contributed by atoms with Crippen molar-refractivity contribution >= 4 is 52.8 Å². The van der Waals surface area contributed by atoms with E-state index in [1.807, 2.05) is 48.5 Å². The molecule has 0 radical (unpaired) electrons. The van der Waals surface area contributed by atoms with Crippen molar-refractivity contribution in [3.8, 4) is 0 Å². The first-order valence-electron chi connectivity index (χ1n) is 7.49. The molecule has 2 aromatic rings. The van der Waals surface area contributed by atoms with E-state index in [2.05, 4.69) is 19.1 Å². The fourth-order valence-electron chi connectivity index (χ4n) is 2.87. The Balaban J connectivity index is 2.34. The molecule has 0 saturated carbocycles. The van der Waals surface area contributed by atoms with E-state index >= 15 is 0 Å². The molecule has 0 aliphatic heterocycles. The normalized spacial score (nSPS) is 13.6. The molecule has 2 unspecified atom stereocenters. The van der Waals surface area contributed by atoms with Crippen LogP contribution in [0.2, 0.25) is 0 Å². The molecule has 0 saturated heterocycles. The Labute approximate surface area is 164 Å². The van der Waals surface area contributed by atoms with Gasteiger partial charge in [-0.25, -0.2) is 0 Å². The Morgan fingerprint density at radius 1 is 0.826 bits per heavy atom. The molecule has 2 rings (SSSR count). The summed E-state index contributed by atoms with van der Waals surface area (Å²) in [4.78, 5) is 24.2. The number of hydrogen-bond donors (Lipinski definition) is 0. The van der Waals surface area contributed by atoms with E-state index in [1.54, 1.807) is 45.2 Å². The maximum absolute atomic E-state index is 12.1. The third kappa shape index (κ3) is 5.11. The number of hydrogen-bond acceptors (Lipinski definition) is 2. The van der Waals surface area contributed by atoms with Gasteiger partial charge in [0.05, 0.1) is 0 Å². The molecule has 0 amide bonds. The predicted molar refractivity (Wildman–Crippen MR) is 110 cm³/mol. The van der Waals surface area contributed by atoms with Gasteiger partial charge in [0, 0.05) is 51.1 Å². The molecule has 0 aliphatic rings. The highest BCUT2D eigenvalue weighted by atomic mass is 127. The fraction of sp³-hybridized carbons (Fsp3) is 0.263. The van der Waals surface area contributed by atoms with Crippen molar-refractivity contribution in [3.05, 3.63) is 71.8 Å². The lowest BCUT2D eigenvalue weighted by Crippen LogP contribution is -2.25. The number of carbonyl (C=O) groups excluding carboxylic acids is 2. The first kappa shape index (κ1) is 18.6. The van der Waals surface area contributed by atoms with Crippen molar-refractivity contribution < 1.29 is 9.59 Å². The van der Waals surface area contributed by atoms with Gasteiger partial charge in [-0.05, 0) is 23.5 Å². The van der Waals surface area contributed by atoms with Crippen LogP contribution in [-0.2, 0) is 9.59 Å². The lowest BCUT2D eigenvalue weighted by atomic mass is 9.79. The van der Waals surface area contributed by atoms with Crippen LogP contribution in [0.15, 0.2) is 60.7 Å². The molecule has 4 heteroatoms. The number of carbonyl (C=O) groups is 2. The molecule has 0 heterocycles. The second-order valence-electron chi connectivity index (χ2n) is 5.65. The summed E-state index contributed by atoms with van der Waals surface area (Å²) in [7, 11) is 0. The van der Waals surface area contributed by atoms with Crippen LogP contribution in [0.4, 0.5) is 0 Å². The molecular weight excluding hydrogens is 514 g/mol. The zero-order chi connectivity index (χ0) is 16.8. The van der Waals surface area contributed by atoms with E-state index in [0.717, 1.165) is 12.0 Å². The lowest BCUT2D eigenvalue weighted by molar-refractivity contribution is -0.122. The highest BCUT2D eigenvalue weighted by Crippen LogP contribution is 2.37. The first-order chi connectivity index (χ1) is 11.0. The van der Waals surface area contributed by atoms with Gasteiger partial charge in [0.1, 0.15) is 5.92 Å². The minimum atomic E-state index is -0.593. The Bertz CT molecular complexity index is 642. The van der Waals surface area contributed by atoms with E-state index in [1.165, 1.54) is 5.56 Å². The van der Waals surface area contributed by atoms with Gasteiger partial charge in [-0.2, -0.15) is 0 Å². The maximum atomic E-state index is 12.1. The van der Waals surface area contributed by atoms with Crippen molar-refractivity contribution in [3.63, 3.8) is 0 Å². The highest BCUT2D eigenvalue weighted by molar-refractivity contribution is 14.1. The van der Waals surface area contributed by atoms with Gasteiger partial charge in [-0.15, -0.1) is 0 Å². The zero-order valence-corrected chi connectivity index (χ0v) is 17.1. The third-order valence-corrected chi connectivity index (χ3v) is 5.44. The number of rotatable bonds is 7. The largest absolute Gasteiger partial charge is 0.287 e. The standard InChI is InChI=1S/C19H18I2O2/c1-13(14-8-4-2-5-9-14)12-16(15-10-6-3-7-11-15)17(18(20)22)19(21)23/h2-11,13,16-17H,12H2,1H3. The second kappa shape index (κ2) is 8.92. The van der Waals surface area contributed by atoms with Crippen molar-refractivity contribution in [1.82, 2.24) is 0 Å². The molecule has 0 fully saturated rings. The van der Waals surface area contributed by atoms with E-state index < -0.39 is 5.92 Å². The summed E-state index contributed by atoms with van der Waals surface area (Å²) < 4.78 is -0.174. The number of halogens is 2. The summed E-state index contributed by atoms with van der Waals surface area (Å²) in [5, 5.41) is 0. The molecule has 0 bridgehead atoms. The number of benzene rings is 2. The molecular formula is C19H18I2O2. The Morgan fingerprint density at radius 3 is 1.70 bits per heavy atom. The molecule has 0 N–H and O–H groups in total. The van der Waals surface area contributed by atoms with E-state index in [4.69, 9.17) is 0 Å². The van der Waals surface area contributed by atoms with Gasteiger partial charge in [0.15, 0.2) is 0 Å². The molecule has 23 heavy (non-hydrogen) atoms. The van der Waals surface area contributed by atoms with Gasteiger partial charge >= 0.3 is 0 Å². The van der Waals surface area contributed by atoms with E-state index in [9.17, 15) is 9.59 Å². The summed E-state index contributed by atoms with van der Waals surface area (Å²) in [5.41, 5.74) is 2.28. The summed E-state index contributed by atoms with van der Waals surface area (Å²) in [6, 6.07) is 20.1. The Morgan fingerprint density at radius 2 is 1.26 bits per heavy atom. The van der Waals surface area contributed by atoms with Crippen LogP contribution in [-0.4, -0.2) is 7.58 Å². The fourth-order valence-corrected chi connectivity index (χ4v) is 4.90. The lowest BCUT2D eigenvalue weighted by Gasteiger charge is -2.26. The molecule has 0 aromatic heterocycles. The van der Waals surface area contributed by atoms with Crippen molar-refractivity contribution in [2.75, 3.05) is 0 Å². The van der Waals surface area contributed by atoms with Gasteiger partial charge in [0.25, 0.3) is 0 Å². The van der Waals surface area contributed by atoms with Gasteiger partial charge < -0.3 is 0 Å². The first-order valence-corrected chi connectivity index (χ1v) is 9.65. The molecule has 2 aromatic carbocycles. The van der Waals surface area contributed by atoms with Gasteiger partial charge in [0.2, 0.25) is 7.58 Å². The van der Waals surface area contributed by atoms with Crippen LogP contribution in [0.25, 0.3) is 0 Å². The summed E-state index contributed by atoms with van der Waals surface area (Å²) in [5.74, 6) is -0.416. The van der Waals surface area contributed by atoms with Gasteiger partial charge in [-0.1, -0.05) is 67.6 Å². The Hall–Kier alpha value is -0.760. The predicted octanol–water partition coefficient (Wildman–Crippen LogP) is 5.50. The van der Waals surface area contributed by atoms with Crippen LogP contribution < -0.4 is 0 Å². The molecule has 2 atom stereocenters. The second-order valence-corrected chi connectivity index (χ2v) is 7.78. The SMILES string of the molecule is CC(CC(c1ccccc1)C(C(=O)I)C(=O)I)c1ccccc1. The third-order valence-electron chi connectivity index (χ3n) is 4.10. The van der Waals surface area contributed by atoms with Gasteiger partial charge in [-0.3, -0.25) is 9.59 Å². The average molecular weight is 532 g/mol. The molecule has 120 valence electrons. The average Bonchev–Trinajstić information content (AvgIpc) is 2.55. The quantitative estimate of drug-likeness (QED) is 0.268. The highest BCUT2D eigenvalue weighted by Gasteiger charge is 2.34. The van der Waals surface area contributed by atoms with Crippen LogP contribution in [0.1, 0.15) is 36.3 Å². The minimum absolute atomic E-state index is 0.0869. The van der Waals surface area contributed by atoms with Crippen LogP contribution in [0, 0.1) is 5.92 Å². The van der Waals surface area contributed by atoms with E-state index in [-0.39, 0.29) is 19.4 Å². The summed E-state index contributed by atoms with van der Waals surface area (Å²) in [6.07, 6.45) is 0.766. The summed E-state index contributed by atoms with van der Waals surface area (Å²) in [6.45, 7) is 2.15. The van der Waals surface area contributed by atoms with Crippen molar-refractivity contribution in [1.29, 1.82) is 0 Å². The van der Waals surface area contributed by atoms with E-state index in [0.29, 0.717) is 0 Å². The molecule has 2 nitrogen and oxygen atoms in total. The van der Waals surface area contributed by atoms with Crippen molar-refractivity contribution in [2.45, 2.75) is 25.2 Å². The van der Waals surface area contributed by atoms with Crippen molar-refractivity contribution in [2.24, 2.45) is 5.92 Å². The topological polar surface area (TPSA) is 34.1 Å². The minimum Gasteiger partial charge on any atom is -0.287 e.